The van der Waals surface area contributed by atoms with Crippen molar-refractivity contribution < 1.29 is 0 Å². The summed E-state index contributed by atoms with van der Waals surface area (Å²) in [5.74, 6) is 0. The highest BCUT2D eigenvalue weighted by molar-refractivity contribution is 9.11. The van der Waals surface area contributed by atoms with E-state index >= 15 is 0 Å². The molecule has 1 N–H and O–H groups in total. The van der Waals surface area contributed by atoms with Gasteiger partial charge in [0.15, 0.2) is 0 Å². The zero-order chi connectivity index (χ0) is 8.27. The van der Waals surface area contributed by atoms with Gasteiger partial charge in [-0.15, -0.1) is 24.8 Å². The maximum Gasteiger partial charge on any atom is 0.0415 e. The van der Waals surface area contributed by atoms with Crippen LogP contribution in [-0.2, 0) is 6.54 Å². The Morgan fingerprint density at radius 1 is 1.23 bits per heavy atom. The van der Waals surface area contributed by atoms with Crippen LogP contribution in [0.5, 0.6) is 0 Å². The summed E-state index contributed by atoms with van der Waals surface area (Å²) in [7, 11) is 1.92. The molecule has 0 aliphatic rings. The minimum absolute atomic E-state index is 0. The molecule has 0 aliphatic carbocycles. The molecule has 0 radical (unpaired) electrons. The second-order valence-corrected chi connectivity index (χ2v) is 3.82. The van der Waals surface area contributed by atoms with E-state index < -0.39 is 0 Å². The van der Waals surface area contributed by atoms with Crippen LogP contribution in [0.25, 0.3) is 0 Å². The van der Waals surface area contributed by atoms with Crippen molar-refractivity contribution in [2.45, 2.75) is 6.54 Å². The average molecular weight is 353 g/mol. The van der Waals surface area contributed by atoms with Crippen LogP contribution in [0.2, 0.25) is 0 Å². The summed E-state index contributed by atoms with van der Waals surface area (Å²) in [4.78, 5) is 4.01. The van der Waals surface area contributed by atoms with Crippen LogP contribution in [0, 0.1) is 0 Å². The molecule has 0 amide bonds. The lowest BCUT2D eigenvalue weighted by molar-refractivity contribution is 0.808. The van der Waals surface area contributed by atoms with Gasteiger partial charge < -0.3 is 5.32 Å². The van der Waals surface area contributed by atoms with Crippen LogP contribution in [0.15, 0.2) is 21.3 Å². The van der Waals surface area contributed by atoms with E-state index in [4.69, 9.17) is 0 Å². The van der Waals surface area contributed by atoms with E-state index in [1.807, 2.05) is 7.05 Å². The number of aromatic nitrogens is 1. The lowest BCUT2D eigenvalue weighted by Crippen LogP contribution is -2.06. The summed E-state index contributed by atoms with van der Waals surface area (Å²) in [5, 5.41) is 3.08. The predicted octanol–water partition coefficient (Wildman–Crippen LogP) is 3.17. The quantitative estimate of drug-likeness (QED) is 0.884. The topological polar surface area (TPSA) is 24.9 Å². The van der Waals surface area contributed by atoms with Gasteiger partial charge in [-0.05, 0) is 44.5 Å². The smallest absolute Gasteiger partial charge is 0.0415 e. The van der Waals surface area contributed by atoms with Gasteiger partial charge >= 0.3 is 0 Å². The molecule has 1 aromatic rings. The molecule has 1 rings (SSSR count). The maximum atomic E-state index is 4.01. The third-order valence-corrected chi connectivity index (χ3v) is 2.67. The Hall–Kier alpha value is 0.650. The first-order valence-electron chi connectivity index (χ1n) is 3.18. The molecule has 13 heavy (non-hydrogen) atoms. The maximum absolute atomic E-state index is 4.01. The lowest BCUT2D eigenvalue weighted by atomic mass is 10.3. The van der Waals surface area contributed by atoms with Gasteiger partial charge in [-0.3, -0.25) is 4.98 Å². The second kappa shape index (κ2) is 8.00. The SMILES string of the molecule is CNCc1c(Br)cncc1Br.Cl.Cl. The van der Waals surface area contributed by atoms with Crippen molar-refractivity contribution >= 4 is 56.7 Å². The van der Waals surface area contributed by atoms with Gasteiger partial charge in [0.25, 0.3) is 0 Å². The summed E-state index contributed by atoms with van der Waals surface area (Å²) in [5.41, 5.74) is 1.20. The van der Waals surface area contributed by atoms with Crippen molar-refractivity contribution in [3.63, 3.8) is 0 Å². The number of halogens is 4. The van der Waals surface area contributed by atoms with Gasteiger partial charge in [-0.1, -0.05) is 0 Å². The molecule has 0 saturated carbocycles. The van der Waals surface area contributed by atoms with Gasteiger partial charge in [0.2, 0.25) is 0 Å². The number of hydrogen-bond donors (Lipinski definition) is 1. The van der Waals surface area contributed by atoms with Gasteiger partial charge in [-0.25, -0.2) is 0 Å². The first-order chi connectivity index (χ1) is 5.25. The van der Waals surface area contributed by atoms with E-state index in [0.29, 0.717) is 0 Å². The van der Waals surface area contributed by atoms with Crippen molar-refractivity contribution in [3.8, 4) is 0 Å². The summed E-state index contributed by atoms with van der Waals surface area (Å²) in [6, 6.07) is 0. The van der Waals surface area contributed by atoms with Crippen molar-refractivity contribution in [2.75, 3.05) is 7.05 Å². The molecule has 0 spiro atoms. The van der Waals surface area contributed by atoms with E-state index in [9.17, 15) is 0 Å². The lowest BCUT2D eigenvalue weighted by Gasteiger charge is -2.04. The summed E-state index contributed by atoms with van der Waals surface area (Å²) < 4.78 is 2.06. The highest BCUT2D eigenvalue weighted by Crippen LogP contribution is 2.23. The van der Waals surface area contributed by atoms with E-state index in [0.717, 1.165) is 15.5 Å². The van der Waals surface area contributed by atoms with Crippen molar-refractivity contribution in [2.24, 2.45) is 0 Å². The monoisotopic (exact) mass is 350 g/mol. The molecule has 76 valence electrons. The zero-order valence-electron chi connectivity index (χ0n) is 6.88. The number of pyridine rings is 1. The van der Waals surface area contributed by atoms with Crippen LogP contribution < -0.4 is 5.32 Å². The molecule has 0 aliphatic heterocycles. The molecule has 0 saturated heterocycles. The number of hydrogen-bond acceptors (Lipinski definition) is 2. The van der Waals surface area contributed by atoms with E-state index in [2.05, 4.69) is 42.2 Å². The Kier molecular flexibility index (Phi) is 9.90. The Balaban J connectivity index is 0. The van der Waals surface area contributed by atoms with E-state index in [-0.39, 0.29) is 24.8 Å². The summed E-state index contributed by atoms with van der Waals surface area (Å²) >= 11 is 6.83. The standard InChI is InChI=1S/C7H8Br2N2.2ClH/c1-10-2-5-6(8)3-11-4-7(5)9;;/h3-4,10H,2H2,1H3;2*1H. The minimum Gasteiger partial charge on any atom is -0.316 e. The molecule has 1 heterocycles. The minimum atomic E-state index is 0. The Labute approximate surface area is 107 Å². The van der Waals surface area contributed by atoms with Crippen molar-refractivity contribution in [1.82, 2.24) is 10.3 Å². The fraction of sp³-hybridized carbons (Fsp3) is 0.286. The molecule has 1 aromatic heterocycles. The van der Waals surface area contributed by atoms with E-state index in [1.165, 1.54) is 5.56 Å². The zero-order valence-corrected chi connectivity index (χ0v) is 11.7. The molecule has 0 unspecified atom stereocenters. The molecule has 0 atom stereocenters. The number of rotatable bonds is 2. The Morgan fingerprint density at radius 2 is 1.69 bits per heavy atom. The molecular weight excluding hydrogens is 343 g/mol. The van der Waals surface area contributed by atoms with Crippen LogP contribution >= 0.6 is 56.7 Å². The molecule has 2 nitrogen and oxygen atoms in total. The van der Waals surface area contributed by atoms with Crippen molar-refractivity contribution in [1.29, 1.82) is 0 Å². The second-order valence-electron chi connectivity index (χ2n) is 2.11. The van der Waals surface area contributed by atoms with Crippen LogP contribution in [0.3, 0.4) is 0 Å². The Bertz CT molecular complexity index is 238. The molecule has 6 heteroatoms. The third-order valence-electron chi connectivity index (χ3n) is 1.31. The highest BCUT2D eigenvalue weighted by Gasteiger charge is 2.02. The van der Waals surface area contributed by atoms with Gasteiger partial charge in [0.05, 0.1) is 0 Å². The van der Waals surface area contributed by atoms with Crippen LogP contribution in [0.1, 0.15) is 5.56 Å². The predicted molar refractivity (Wildman–Crippen MR) is 66.9 cm³/mol. The fourth-order valence-electron chi connectivity index (χ4n) is 0.784. The largest absolute Gasteiger partial charge is 0.316 e. The molecule has 0 fully saturated rings. The van der Waals surface area contributed by atoms with Crippen LogP contribution in [0.4, 0.5) is 0 Å². The number of nitrogens with one attached hydrogen (secondary N) is 1. The van der Waals surface area contributed by atoms with Crippen LogP contribution in [-0.4, -0.2) is 12.0 Å². The third kappa shape index (κ3) is 4.61. The van der Waals surface area contributed by atoms with Gasteiger partial charge in [-0.2, -0.15) is 0 Å². The first-order valence-corrected chi connectivity index (χ1v) is 4.76. The average Bonchev–Trinajstić information content (AvgIpc) is 1.97. The Morgan fingerprint density at radius 3 is 2.08 bits per heavy atom. The number of nitrogens with zero attached hydrogens (tertiary/aromatic N) is 1. The normalized spacial score (nSPS) is 8.54. The van der Waals surface area contributed by atoms with E-state index in [1.54, 1.807) is 12.4 Å². The summed E-state index contributed by atoms with van der Waals surface area (Å²) in [6.07, 6.45) is 3.58. The molecule has 0 aromatic carbocycles. The van der Waals surface area contributed by atoms with Gasteiger partial charge in [0, 0.05) is 27.9 Å². The first kappa shape index (κ1) is 16.1. The molecule has 0 bridgehead atoms. The highest BCUT2D eigenvalue weighted by atomic mass is 79.9. The summed E-state index contributed by atoms with van der Waals surface area (Å²) in [6.45, 7) is 0.837. The van der Waals surface area contributed by atoms with Gasteiger partial charge in [0.1, 0.15) is 0 Å². The van der Waals surface area contributed by atoms with Crippen molar-refractivity contribution in [3.05, 3.63) is 26.9 Å². The molecular formula is C7H10Br2Cl2N2. The fourth-order valence-corrected chi connectivity index (χ4v) is 1.99.